The molecule has 0 N–H and O–H groups in total. The van der Waals surface area contributed by atoms with Gasteiger partial charge in [-0.3, -0.25) is 9.58 Å². The molecule has 0 saturated carbocycles. The first-order valence-corrected chi connectivity index (χ1v) is 11.8. The average Bonchev–Trinajstić information content (AvgIpc) is 3.34. The number of anilines is 1. The van der Waals surface area contributed by atoms with Crippen LogP contribution in [0.3, 0.4) is 0 Å². The van der Waals surface area contributed by atoms with Gasteiger partial charge < -0.3 is 9.47 Å². The molecule has 1 aliphatic rings. The lowest BCUT2D eigenvalue weighted by atomic mass is 9.92. The fourth-order valence-corrected chi connectivity index (χ4v) is 4.62. The second-order valence-corrected chi connectivity index (χ2v) is 8.56. The van der Waals surface area contributed by atoms with Crippen LogP contribution in [0.4, 0.5) is 10.5 Å². The maximum atomic E-state index is 12.6. The van der Waals surface area contributed by atoms with Gasteiger partial charge in [0.25, 0.3) is 0 Å². The molecule has 2 heterocycles. The third-order valence-corrected chi connectivity index (χ3v) is 6.57. The van der Waals surface area contributed by atoms with Gasteiger partial charge in [0.2, 0.25) is 0 Å². The summed E-state index contributed by atoms with van der Waals surface area (Å²) in [6, 6.07) is 13.6. The first-order chi connectivity index (χ1) is 16.5. The highest BCUT2D eigenvalue weighted by Gasteiger charge is 2.32. The predicted octanol–water partition coefficient (Wildman–Crippen LogP) is 6.48. The van der Waals surface area contributed by atoms with Gasteiger partial charge in [-0.05, 0) is 56.9 Å². The van der Waals surface area contributed by atoms with E-state index < -0.39 is 6.09 Å². The Morgan fingerprint density at radius 1 is 1.24 bits per heavy atom. The largest absolute Gasteiger partial charge is 0.455 e. The summed E-state index contributed by atoms with van der Waals surface area (Å²) >= 11 is 0. The van der Waals surface area contributed by atoms with E-state index in [2.05, 4.69) is 25.0 Å². The molecule has 1 amide bonds. The molecule has 4 rings (SSSR count). The number of rotatable bonds is 6. The summed E-state index contributed by atoms with van der Waals surface area (Å²) in [5.74, 6) is 1.13. The number of fused-ring (bicyclic) bond motifs is 1. The summed E-state index contributed by atoms with van der Waals surface area (Å²) in [4.78, 5) is 14.3. The standard InChI is InChI=1S/C27H30N4O3/c1-5-21(6-2)30-17-20(16-29-30)22-13-14-24-23(12-11-18(3)31(24)27(32)33-4)26(22)34-25-10-8-7-9-19(25)15-28/h7-10,13-14,16-18,21H,5-6,11-12H2,1-4H3/t18-/m0/s1. The summed E-state index contributed by atoms with van der Waals surface area (Å²) in [5.41, 5.74) is 3.95. The van der Waals surface area contributed by atoms with Gasteiger partial charge in [-0.1, -0.05) is 26.0 Å². The fourth-order valence-electron chi connectivity index (χ4n) is 4.62. The van der Waals surface area contributed by atoms with Crippen LogP contribution in [0.15, 0.2) is 48.8 Å². The van der Waals surface area contributed by atoms with E-state index in [0.717, 1.165) is 48.1 Å². The Bertz CT molecular complexity index is 1220. The van der Waals surface area contributed by atoms with Crippen LogP contribution >= 0.6 is 0 Å². The highest BCUT2D eigenvalue weighted by atomic mass is 16.5. The third kappa shape index (κ3) is 4.24. The van der Waals surface area contributed by atoms with Crippen molar-refractivity contribution in [3.8, 4) is 28.7 Å². The fraction of sp³-hybridized carbons (Fsp3) is 0.370. The molecule has 3 aromatic rings. The number of ether oxygens (including phenoxy) is 2. The minimum Gasteiger partial charge on any atom is -0.455 e. The molecule has 0 saturated heterocycles. The van der Waals surface area contributed by atoms with Gasteiger partial charge >= 0.3 is 6.09 Å². The van der Waals surface area contributed by atoms with E-state index in [4.69, 9.17) is 9.47 Å². The maximum absolute atomic E-state index is 12.6. The monoisotopic (exact) mass is 458 g/mol. The normalized spacial score (nSPS) is 15.1. The van der Waals surface area contributed by atoms with Crippen LogP contribution in [0.1, 0.15) is 57.2 Å². The first-order valence-electron chi connectivity index (χ1n) is 11.8. The Kier molecular flexibility index (Phi) is 6.87. The van der Waals surface area contributed by atoms with Crippen molar-refractivity contribution < 1.29 is 14.3 Å². The minimum absolute atomic E-state index is 0.00246. The van der Waals surface area contributed by atoms with Crippen molar-refractivity contribution in [3.05, 3.63) is 59.9 Å². The molecule has 0 radical (unpaired) electrons. The number of benzene rings is 2. The highest BCUT2D eigenvalue weighted by Crippen LogP contribution is 2.45. The molecule has 34 heavy (non-hydrogen) atoms. The van der Waals surface area contributed by atoms with Crippen molar-refractivity contribution in [2.24, 2.45) is 0 Å². The summed E-state index contributed by atoms with van der Waals surface area (Å²) in [6.45, 7) is 6.33. The van der Waals surface area contributed by atoms with Crippen LogP contribution < -0.4 is 9.64 Å². The van der Waals surface area contributed by atoms with E-state index in [0.29, 0.717) is 23.1 Å². The van der Waals surface area contributed by atoms with Gasteiger partial charge in [-0.15, -0.1) is 0 Å². The zero-order chi connectivity index (χ0) is 24.2. The van der Waals surface area contributed by atoms with Crippen molar-refractivity contribution in [2.45, 2.75) is 58.5 Å². The van der Waals surface area contributed by atoms with Crippen molar-refractivity contribution >= 4 is 11.8 Å². The molecule has 7 heteroatoms. The topological polar surface area (TPSA) is 80.4 Å². The number of hydrogen-bond acceptors (Lipinski definition) is 5. The molecule has 176 valence electrons. The molecule has 0 aliphatic carbocycles. The van der Waals surface area contributed by atoms with Crippen LogP contribution in [0, 0.1) is 11.3 Å². The Balaban J connectivity index is 1.89. The smallest absolute Gasteiger partial charge is 0.414 e. The number of nitrogens with zero attached hydrogens (tertiary/aromatic N) is 4. The number of nitriles is 1. The number of hydrogen-bond donors (Lipinski definition) is 0. The summed E-state index contributed by atoms with van der Waals surface area (Å²) < 4.78 is 13.5. The summed E-state index contributed by atoms with van der Waals surface area (Å²) in [6.07, 6.45) is 7.00. The Labute approximate surface area is 200 Å². The van der Waals surface area contributed by atoms with Crippen molar-refractivity contribution in [1.82, 2.24) is 9.78 Å². The van der Waals surface area contributed by atoms with E-state index >= 15 is 0 Å². The van der Waals surface area contributed by atoms with Crippen molar-refractivity contribution in [3.63, 3.8) is 0 Å². The Hall–Kier alpha value is -3.79. The van der Waals surface area contributed by atoms with E-state index in [1.54, 1.807) is 17.0 Å². The lowest BCUT2D eigenvalue weighted by Gasteiger charge is -2.35. The van der Waals surface area contributed by atoms with Crippen LogP contribution in [0.25, 0.3) is 11.1 Å². The van der Waals surface area contributed by atoms with Crippen LogP contribution in [-0.2, 0) is 11.2 Å². The molecular weight excluding hydrogens is 428 g/mol. The summed E-state index contributed by atoms with van der Waals surface area (Å²) in [7, 11) is 1.39. The number of aromatic nitrogens is 2. The van der Waals surface area contributed by atoms with Gasteiger partial charge in [-0.25, -0.2) is 4.79 Å². The summed E-state index contributed by atoms with van der Waals surface area (Å²) in [5, 5.41) is 14.2. The van der Waals surface area contributed by atoms with E-state index in [9.17, 15) is 10.1 Å². The molecule has 0 fully saturated rings. The molecular formula is C27H30N4O3. The quantitative estimate of drug-likeness (QED) is 0.422. The van der Waals surface area contributed by atoms with Crippen molar-refractivity contribution in [2.75, 3.05) is 12.0 Å². The number of methoxy groups -OCH3 is 1. The SMILES string of the molecule is CCC(CC)n1cc(-c2ccc3c(c2Oc2ccccc2C#N)CC[C@H](C)N3C(=O)OC)cn1. The van der Waals surface area contributed by atoms with Crippen LogP contribution in [0.5, 0.6) is 11.5 Å². The number of amides is 1. The number of carbonyl (C=O) groups is 1. The van der Waals surface area contributed by atoms with Gasteiger partial charge in [0.1, 0.15) is 17.6 Å². The molecule has 0 bridgehead atoms. The third-order valence-electron chi connectivity index (χ3n) is 6.57. The highest BCUT2D eigenvalue weighted by molar-refractivity contribution is 5.92. The lowest BCUT2D eigenvalue weighted by molar-refractivity contribution is 0.175. The molecule has 1 aromatic heterocycles. The molecule has 0 unspecified atom stereocenters. The molecule has 1 aliphatic heterocycles. The van der Waals surface area contributed by atoms with Crippen molar-refractivity contribution in [1.29, 1.82) is 5.26 Å². The van der Waals surface area contributed by atoms with E-state index in [1.807, 2.05) is 48.3 Å². The molecule has 2 aromatic carbocycles. The molecule has 0 spiro atoms. The minimum atomic E-state index is -0.397. The van der Waals surface area contributed by atoms with Gasteiger partial charge in [0.15, 0.2) is 0 Å². The van der Waals surface area contributed by atoms with E-state index in [1.165, 1.54) is 7.11 Å². The zero-order valence-electron chi connectivity index (χ0n) is 20.1. The first kappa shape index (κ1) is 23.4. The average molecular weight is 459 g/mol. The second-order valence-electron chi connectivity index (χ2n) is 8.56. The second kappa shape index (κ2) is 10.0. The maximum Gasteiger partial charge on any atom is 0.414 e. The molecule has 7 nitrogen and oxygen atoms in total. The zero-order valence-corrected chi connectivity index (χ0v) is 20.1. The van der Waals surface area contributed by atoms with Crippen LogP contribution in [-0.4, -0.2) is 29.0 Å². The number of para-hydroxylation sites is 1. The van der Waals surface area contributed by atoms with Crippen LogP contribution in [0.2, 0.25) is 0 Å². The van der Waals surface area contributed by atoms with Gasteiger partial charge in [0, 0.05) is 28.9 Å². The van der Waals surface area contributed by atoms with Gasteiger partial charge in [-0.2, -0.15) is 10.4 Å². The van der Waals surface area contributed by atoms with Gasteiger partial charge in [0.05, 0.1) is 30.6 Å². The number of carbonyl (C=O) groups excluding carboxylic acids is 1. The Morgan fingerprint density at radius 2 is 2.00 bits per heavy atom. The Morgan fingerprint density at radius 3 is 2.71 bits per heavy atom. The predicted molar refractivity (Wildman–Crippen MR) is 131 cm³/mol. The molecule has 1 atom stereocenters. The lowest BCUT2D eigenvalue weighted by Crippen LogP contribution is -2.42. The van der Waals surface area contributed by atoms with E-state index in [-0.39, 0.29) is 6.04 Å².